The van der Waals surface area contributed by atoms with Crippen LogP contribution >= 0.6 is 0 Å². The molecule has 5 nitrogen and oxygen atoms in total. The minimum Gasteiger partial charge on any atom is -0.870 e. The Morgan fingerprint density at radius 2 is 1.12 bits per heavy atom. The van der Waals surface area contributed by atoms with Crippen molar-refractivity contribution in [3.8, 4) is 0 Å². The van der Waals surface area contributed by atoms with Gasteiger partial charge in [-0.05, 0) is 13.3 Å². The van der Waals surface area contributed by atoms with E-state index in [4.69, 9.17) is 0 Å². The molecule has 0 saturated heterocycles. The van der Waals surface area contributed by atoms with E-state index in [-0.39, 0.29) is 53.0 Å². The fourth-order valence-electron chi connectivity index (χ4n) is 1.24. The first-order valence-electron chi connectivity index (χ1n) is 4.63. The summed E-state index contributed by atoms with van der Waals surface area (Å²) in [5, 5.41) is 0. The Balaban J connectivity index is -0.000000845. The molecular formula is C8H19NaO5S2. The van der Waals surface area contributed by atoms with Gasteiger partial charge in [0.05, 0.1) is 0 Å². The zero-order valence-electron chi connectivity index (χ0n) is 10.5. The molecule has 0 aliphatic heterocycles. The summed E-state index contributed by atoms with van der Waals surface area (Å²) in [6, 6.07) is 0. The van der Waals surface area contributed by atoms with Crippen LogP contribution in [-0.4, -0.2) is 37.9 Å². The molecule has 0 aromatic carbocycles. The fourth-order valence-corrected chi connectivity index (χ4v) is 5.60. The number of sulfone groups is 2. The number of hydrogen-bond acceptors (Lipinski definition) is 5. The van der Waals surface area contributed by atoms with Gasteiger partial charge in [0.15, 0.2) is 23.8 Å². The van der Waals surface area contributed by atoms with Gasteiger partial charge < -0.3 is 5.48 Å². The average molecular weight is 282 g/mol. The summed E-state index contributed by atoms with van der Waals surface area (Å²) in [5.41, 5.74) is 0. The third kappa shape index (κ3) is 3.68. The van der Waals surface area contributed by atoms with E-state index >= 15 is 0 Å². The maximum Gasteiger partial charge on any atom is 1.00 e. The van der Waals surface area contributed by atoms with Crippen LogP contribution in [0.2, 0.25) is 0 Å². The Kier molecular flexibility index (Phi) is 10.1. The Morgan fingerprint density at radius 3 is 1.25 bits per heavy atom. The van der Waals surface area contributed by atoms with E-state index in [1.165, 1.54) is 20.8 Å². The second kappa shape index (κ2) is 7.33. The first kappa shape index (κ1) is 22.1. The van der Waals surface area contributed by atoms with Crippen LogP contribution in [0.25, 0.3) is 0 Å². The average Bonchev–Trinajstić information content (AvgIpc) is 2.15. The van der Waals surface area contributed by atoms with Crippen LogP contribution < -0.4 is 29.6 Å². The predicted octanol–water partition coefficient (Wildman–Crippen LogP) is -2.19. The maximum absolute atomic E-state index is 11.7. The molecule has 0 aliphatic rings. The zero-order chi connectivity index (χ0) is 11.6. The minimum absolute atomic E-state index is 0. The zero-order valence-corrected chi connectivity index (χ0v) is 14.2. The second-order valence-corrected chi connectivity index (χ2v) is 8.97. The molecule has 0 heterocycles. The van der Waals surface area contributed by atoms with E-state index in [2.05, 4.69) is 0 Å². The monoisotopic (exact) mass is 282 g/mol. The predicted molar refractivity (Wildman–Crippen MR) is 59.6 cm³/mol. The molecule has 1 N–H and O–H groups in total. The molecule has 8 heteroatoms. The summed E-state index contributed by atoms with van der Waals surface area (Å²) in [6.07, 6.45) is 0.0966. The molecule has 0 aromatic rings. The Morgan fingerprint density at radius 1 is 0.875 bits per heavy atom. The summed E-state index contributed by atoms with van der Waals surface area (Å²) in [6.45, 7) is 5.81. The standard InChI is InChI=1S/C8H18O4S2.Na.H2O/c1-5-8(4,13(9,10)6-2)14(11,12)7-3;;/h5-7H2,1-4H3;;1H2/q;+1;/p-1. The van der Waals surface area contributed by atoms with Gasteiger partial charge in [0, 0.05) is 11.5 Å². The van der Waals surface area contributed by atoms with Crippen LogP contribution in [0.4, 0.5) is 0 Å². The van der Waals surface area contributed by atoms with Crippen LogP contribution in [0.1, 0.15) is 34.1 Å². The molecule has 0 amide bonds. The molecule has 0 aliphatic carbocycles. The van der Waals surface area contributed by atoms with Crippen molar-refractivity contribution < 1.29 is 51.9 Å². The van der Waals surface area contributed by atoms with Gasteiger partial charge in [-0.15, -0.1) is 0 Å². The van der Waals surface area contributed by atoms with Gasteiger partial charge in [-0.2, -0.15) is 0 Å². The van der Waals surface area contributed by atoms with E-state index in [0.29, 0.717) is 0 Å². The first-order chi connectivity index (χ1) is 6.18. The SMILES string of the molecule is CCC(C)(S(=O)(=O)CC)S(=O)(=O)CC.[Na+].[OH-]. The van der Waals surface area contributed by atoms with Crippen LogP contribution in [0.3, 0.4) is 0 Å². The Hall–Kier alpha value is 0.860. The van der Waals surface area contributed by atoms with Crippen molar-refractivity contribution in [3.05, 3.63) is 0 Å². The first-order valence-corrected chi connectivity index (χ1v) is 7.93. The van der Waals surface area contributed by atoms with Crippen molar-refractivity contribution in [2.45, 2.75) is 38.2 Å². The Labute approximate surface area is 120 Å². The normalized spacial score (nSPS) is 12.5. The van der Waals surface area contributed by atoms with Crippen molar-refractivity contribution in [2.24, 2.45) is 0 Å². The van der Waals surface area contributed by atoms with Crippen LogP contribution in [0, 0.1) is 0 Å². The summed E-state index contributed by atoms with van der Waals surface area (Å²) in [5.74, 6) is -0.285. The quantitative estimate of drug-likeness (QED) is 0.533. The van der Waals surface area contributed by atoms with Crippen LogP contribution in [0.15, 0.2) is 0 Å². The van der Waals surface area contributed by atoms with Crippen molar-refractivity contribution in [1.29, 1.82) is 0 Å². The van der Waals surface area contributed by atoms with Crippen molar-refractivity contribution in [3.63, 3.8) is 0 Å². The minimum atomic E-state index is -3.57. The number of hydrogen-bond donors (Lipinski definition) is 0. The summed E-state index contributed by atoms with van der Waals surface area (Å²) < 4.78 is 45.1. The molecule has 0 unspecified atom stereocenters. The van der Waals surface area contributed by atoms with Gasteiger partial charge in [0.1, 0.15) is 0 Å². The third-order valence-electron chi connectivity index (χ3n) is 2.72. The molecular weight excluding hydrogens is 263 g/mol. The molecule has 0 fully saturated rings. The van der Waals surface area contributed by atoms with Gasteiger partial charge in [-0.3, -0.25) is 0 Å². The van der Waals surface area contributed by atoms with E-state index in [0.717, 1.165) is 0 Å². The van der Waals surface area contributed by atoms with E-state index in [1.54, 1.807) is 6.92 Å². The second-order valence-electron chi connectivity index (χ2n) is 3.29. The largest absolute Gasteiger partial charge is 1.00 e. The molecule has 0 rings (SSSR count). The molecule has 0 saturated carbocycles. The van der Waals surface area contributed by atoms with Gasteiger partial charge in [0.2, 0.25) is 0 Å². The summed E-state index contributed by atoms with van der Waals surface area (Å²) in [7, 11) is -7.14. The van der Waals surface area contributed by atoms with E-state index in [1.807, 2.05) is 0 Å². The molecule has 94 valence electrons. The summed E-state index contributed by atoms with van der Waals surface area (Å²) >= 11 is 0. The molecule has 16 heavy (non-hydrogen) atoms. The smallest absolute Gasteiger partial charge is 0.870 e. The Bertz CT molecular complexity index is 351. The van der Waals surface area contributed by atoms with Crippen LogP contribution in [-0.2, 0) is 19.7 Å². The maximum atomic E-state index is 11.7. The van der Waals surface area contributed by atoms with E-state index < -0.39 is 23.8 Å². The van der Waals surface area contributed by atoms with Gasteiger partial charge in [0.25, 0.3) is 0 Å². The fraction of sp³-hybridized carbons (Fsp3) is 1.00. The molecule has 0 spiro atoms. The van der Waals surface area contributed by atoms with Crippen molar-refractivity contribution in [1.82, 2.24) is 0 Å². The summed E-state index contributed by atoms with van der Waals surface area (Å²) in [4.78, 5) is 0. The van der Waals surface area contributed by atoms with Gasteiger partial charge >= 0.3 is 29.6 Å². The molecule has 0 bridgehead atoms. The van der Waals surface area contributed by atoms with E-state index in [9.17, 15) is 16.8 Å². The molecule has 0 atom stereocenters. The van der Waals surface area contributed by atoms with Gasteiger partial charge in [-0.25, -0.2) is 16.8 Å². The number of rotatable bonds is 5. The topological polar surface area (TPSA) is 98.3 Å². The molecule has 0 aromatic heterocycles. The van der Waals surface area contributed by atoms with Crippen LogP contribution in [0.5, 0.6) is 0 Å². The molecule has 0 radical (unpaired) electrons. The van der Waals surface area contributed by atoms with Crippen molar-refractivity contribution in [2.75, 3.05) is 11.5 Å². The third-order valence-corrected chi connectivity index (χ3v) is 8.97. The van der Waals surface area contributed by atoms with Crippen molar-refractivity contribution >= 4 is 19.7 Å². The van der Waals surface area contributed by atoms with Gasteiger partial charge in [-0.1, -0.05) is 20.8 Å².